The molecular weight excluding hydrogens is 236 g/mol. The number of nitrogens with zero attached hydrogens (tertiary/aromatic N) is 3. The minimum atomic E-state index is 0.749. The van der Waals surface area contributed by atoms with E-state index in [2.05, 4.69) is 41.0 Å². The first-order chi connectivity index (χ1) is 9.24. The smallest absolute Gasteiger partial charge is 0.224 e. The van der Waals surface area contributed by atoms with Gasteiger partial charge in [-0.1, -0.05) is 19.8 Å². The van der Waals surface area contributed by atoms with E-state index in [1.54, 1.807) is 0 Å². The Bertz CT molecular complexity index is 397. The first-order valence-corrected chi connectivity index (χ1v) is 7.57. The van der Waals surface area contributed by atoms with Crippen molar-refractivity contribution in [2.75, 3.05) is 29.9 Å². The van der Waals surface area contributed by atoms with Gasteiger partial charge in [-0.3, -0.25) is 0 Å². The Kier molecular flexibility index (Phi) is 5.00. The van der Waals surface area contributed by atoms with Crippen molar-refractivity contribution < 1.29 is 0 Å². The number of aromatic nitrogens is 2. The molecule has 1 aromatic heterocycles. The van der Waals surface area contributed by atoms with Crippen molar-refractivity contribution in [1.82, 2.24) is 9.97 Å². The summed E-state index contributed by atoms with van der Waals surface area (Å²) in [5.74, 6) is 2.77. The van der Waals surface area contributed by atoms with Gasteiger partial charge in [0, 0.05) is 31.4 Å². The van der Waals surface area contributed by atoms with Crippen LogP contribution in [0.2, 0.25) is 0 Å². The second-order valence-electron chi connectivity index (χ2n) is 5.45. The van der Waals surface area contributed by atoms with Crippen molar-refractivity contribution in [1.29, 1.82) is 0 Å². The highest BCUT2D eigenvalue weighted by atomic mass is 15.2. The van der Waals surface area contributed by atoms with Crippen LogP contribution in [0.4, 0.5) is 11.8 Å². The first kappa shape index (κ1) is 14.1. The lowest BCUT2D eigenvalue weighted by Crippen LogP contribution is -2.34. The van der Waals surface area contributed by atoms with Gasteiger partial charge in [0.15, 0.2) is 0 Å². The summed E-state index contributed by atoms with van der Waals surface area (Å²) in [4.78, 5) is 11.4. The number of aryl methyl sites for hydroxylation is 1. The molecule has 0 atom stereocenters. The molecule has 1 N–H and O–H groups in total. The number of hydrogen-bond acceptors (Lipinski definition) is 4. The van der Waals surface area contributed by atoms with Gasteiger partial charge in [0.25, 0.3) is 0 Å². The maximum absolute atomic E-state index is 4.66. The average Bonchev–Trinajstić information content (AvgIpc) is 2.43. The average molecular weight is 262 g/mol. The molecular formula is C15H26N4. The van der Waals surface area contributed by atoms with Gasteiger partial charge in [-0.05, 0) is 32.6 Å². The maximum atomic E-state index is 4.66. The molecule has 1 aromatic rings. The van der Waals surface area contributed by atoms with Crippen LogP contribution in [0.1, 0.15) is 45.1 Å². The highest BCUT2D eigenvalue weighted by Gasteiger charge is 2.21. The van der Waals surface area contributed by atoms with E-state index in [1.165, 1.54) is 31.2 Å². The summed E-state index contributed by atoms with van der Waals surface area (Å²) in [6.07, 6.45) is 7.21. The third kappa shape index (κ3) is 3.58. The highest BCUT2D eigenvalue weighted by molar-refractivity contribution is 5.49. The lowest BCUT2D eigenvalue weighted by Gasteiger charge is -2.33. The van der Waals surface area contributed by atoms with Gasteiger partial charge < -0.3 is 10.2 Å². The summed E-state index contributed by atoms with van der Waals surface area (Å²) in [6.45, 7) is 9.58. The normalized spacial score (nSPS) is 16.7. The number of hydrogen-bond donors (Lipinski definition) is 1. The van der Waals surface area contributed by atoms with Gasteiger partial charge in [-0.2, -0.15) is 4.98 Å². The van der Waals surface area contributed by atoms with Crippen LogP contribution in [0.5, 0.6) is 0 Å². The molecule has 0 amide bonds. The second kappa shape index (κ2) is 6.73. The topological polar surface area (TPSA) is 41.1 Å². The van der Waals surface area contributed by atoms with Crippen molar-refractivity contribution in [3.63, 3.8) is 0 Å². The number of piperidine rings is 1. The van der Waals surface area contributed by atoms with E-state index in [0.717, 1.165) is 37.3 Å². The molecule has 1 aliphatic rings. The Morgan fingerprint density at radius 1 is 1.32 bits per heavy atom. The van der Waals surface area contributed by atoms with Crippen LogP contribution in [-0.4, -0.2) is 29.6 Å². The van der Waals surface area contributed by atoms with Crippen LogP contribution in [-0.2, 0) is 0 Å². The third-order valence-corrected chi connectivity index (χ3v) is 3.89. The SMILES string of the molecule is CCCC1CCN(c2nc(NCC)ncc2C)CC1. The van der Waals surface area contributed by atoms with Crippen molar-refractivity contribution in [2.45, 2.75) is 46.5 Å². The molecule has 2 rings (SSSR count). The van der Waals surface area contributed by atoms with Gasteiger partial charge in [0.1, 0.15) is 5.82 Å². The predicted molar refractivity (Wildman–Crippen MR) is 80.8 cm³/mol. The molecule has 4 nitrogen and oxygen atoms in total. The van der Waals surface area contributed by atoms with Crippen LogP contribution in [0, 0.1) is 12.8 Å². The zero-order chi connectivity index (χ0) is 13.7. The van der Waals surface area contributed by atoms with Crippen LogP contribution in [0.25, 0.3) is 0 Å². The fraction of sp³-hybridized carbons (Fsp3) is 0.733. The van der Waals surface area contributed by atoms with E-state index in [1.807, 2.05) is 6.20 Å². The van der Waals surface area contributed by atoms with Crippen molar-refractivity contribution in [3.8, 4) is 0 Å². The monoisotopic (exact) mass is 262 g/mol. The Hall–Kier alpha value is -1.32. The van der Waals surface area contributed by atoms with E-state index in [4.69, 9.17) is 0 Å². The van der Waals surface area contributed by atoms with Crippen molar-refractivity contribution in [3.05, 3.63) is 11.8 Å². The zero-order valence-electron chi connectivity index (χ0n) is 12.4. The van der Waals surface area contributed by atoms with Crippen molar-refractivity contribution >= 4 is 11.8 Å². The van der Waals surface area contributed by atoms with Gasteiger partial charge in [-0.15, -0.1) is 0 Å². The molecule has 0 radical (unpaired) electrons. The van der Waals surface area contributed by atoms with Crippen LogP contribution < -0.4 is 10.2 Å². The highest BCUT2D eigenvalue weighted by Crippen LogP contribution is 2.27. The number of nitrogens with one attached hydrogen (secondary N) is 1. The Morgan fingerprint density at radius 3 is 2.68 bits per heavy atom. The third-order valence-electron chi connectivity index (χ3n) is 3.89. The molecule has 0 unspecified atom stereocenters. The van der Waals surface area contributed by atoms with Gasteiger partial charge in [-0.25, -0.2) is 4.98 Å². The summed E-state index contributed by atoms with van der Waals surface area (Å²) < 4.78 is 0. The Balaban J connectivity index is 2.03. The van der Waals surface area contributed by atoms with Crippen LogP contribution >= 0.6 is 0 Å². The van der Waals surface area contributed by atoms with Gasteiger partial charge in [0.05, 0.1) is 0 Å². The summed E-state index contributed by atoms with van der Waals surface area (Å²) in [6, 6.07) is 0. The molecule has 0 aliphatic carbocycles. The Labute approximate surface area is 116 Å². The summed E-state index contributed by atoms with van der Waals surface area (Å²) in [5, 5.41) is 3.19. The molecule has 0 bridgehead atoms. The van der Waals surface area contributed by atoms with Gasteiger partial charge in [0.2, 0.25) is 5.95 Å². The molecule has 0 aromatic carbocycles. The predicted octanol–water partition coefficient (Wildman–Crippen LogP) is 3.23. The van der Waals surface area contributed by atoms with E-state index in [0.29, 0.717) is 0 Å². The molecule has 1 fully saturated rings. The maximum Gasteiger partial charge on any atom is 0.224 e. The molecule has 1 aliphatic heterocycles. The molecule has 0 saturated carbocycles. The zero-order valence-corrected chi connectivity index (χ0v) is 12.4. The fourth-order valence-corrected chi connectivity index (χ4v) is 2.84. The molecule has 19 heavy (non-hydrogen) atoms. The molecule has 1 saturated heterocycles. The standard InChI is InChI=1S/C15H26N4/c1-4-6-13-7-9-19(10-8-13)14-12(3)11-17-15(18-14)16-5-2/h11,13H,4-10H2,1-3H3,(H,16,17,18). The second-order valence-corrected chi connectivity index (χ2v) is 5.45. The molecule has 0 spiro atoms. The van der Waals surface area contributed by atoms with E-state index in [-0.39, 0.29) is 0 Å². The minimum absolute atomic E-state index is 0.749. The van der Waals surface area contributed by atoms with Crippen LogP contribution in [0.15, 0.2) is 6.20 Å². The minimum Gasteiger partial charge on any atom is -0.356 e. The lowest BCUT2D eigenvalue weighted by atomic mass is 9.92. The molecule has 106 valence electrons. The number of anilines is 2. The molecule has 2 heterocycles. The quantitative estimate of drug-likeness (QED) is 0.884. The largest absolute Gasteiger partial charge is 0.356 e. The van der Waals surface area contributed by atoms with E-state index < -0.39 is 0 Å². The van der Waals surface area contributed by atoms with Crippen LogP contribution in [0.3, 0.4) is 0 Å². The fourth-order valence-electron chi connectivity index (χ4n) is 2.84. The van der Waals surface area contributed by atoms with E-state index in [9.17, 15) is 0 Å². The Morgan fingerprint density at radius 2 is 2.05 bits per heavy atom. The summed E-state index contributed by atoms with van der Waals surface area (Å²) in [5.41, 5.74) is 1.18. The summed E-state index contributed by atoms with van der Waals surface area (Å²) in [7, 11) is 0. The van der Waals surface area contributed by atoms with Gasteiger partial charge >= 0.3 is 0 Å². The number of rotatable bonds is 5. The van der Waals surface area contributed by atoms with Crippen molar-refractivity contribution in [2.24, 2.45) is 5.92 Å². The molecule has 4 heteroatoms. The first-order valence-electron chi connectivity index (χ1n) is 7.57. The summed E-state index contributed by atoms with van der Waals surface area (Å²) >= 11 is 0. The van der Waals surface area contributed by atoms with E-state index >= 15 is 0 Å². The lowest BCUT2D eigenvalue weighted by molar-refractivity contribution is 0.377.